The highest BCUT2D eigenvalue weighted by Crippen LogP contribution is 2.20. The molecule has 1 heterocycles. The van der Waals surface area contributed by atoms with E-state index in [0.29, 0.717) is 21.8 Å². The van der Waals surface area contributed by atoms with Crippen molar-refractivity contribution in [2.75, 3.05) is 5.32 Å². The van der Waals surface area contributed by atoms with Gasteiger partial charge >= 0.3 is 0 Å². The van der Waals surface area contributed by atoms with E-state index < -0.39 is 5.91 Å². The molecular weight excluding hydrogens is 362 g/mol. The number of aromatic nitrogens is 3. The second-order valence-corrected chi connectivity index (χ2v) is 6.64. The van der Waals surface area contributed by atoms with Gasteiger partial charge in [0.1, 0.15) is 6.54 Å². The molecule has 138 valence electrons. The van der Waals surface area contributed by atoms with Gasteiger partial charge in [-0.1, -0.05) is 23.8 Å². The van der Waals surface area contributed by atoms with Crippen LogP contribution in [0, 0.1) is 18.6 Å². The van der Waals surface area contributed by atoms with E-state index in [-0.39, 0.29) is 12.5 Å². The van der Waals surface area contributed by atoms with E-state index in [1.54, 1.807) is 29.7 Å². The number of nitrogens with one attached hydrogen (secondary N) is 2. The Kier molecular flexibility index (Phi) is 5.18. The lowest BCUT2D eigenvalue weighted by molar-refractivity contribution is -0.116. The number of anilines is 1. The molecule has 0 radical (unpaired) electrons. The van der Waals surface area contributed by atoms with Crippen molar-refractivity contribution >= 4 is 29.7 Å². The maximum atomic E-state index is 12.5. The van der Waals surface area contributed by atoms with Crippen LogP contribution in [0.15, 0.2) is 42.5 Å². The Morgan fingerprint density at radius 3 is 2.67 bits per heavy atom. The molecule has 0 saturated heterocycles. The number of rotatable bonds is 5. The number of carbonyl (C=O) groups is 2. The molecule has 0 aliphatic rings. The average Bonchev–Trinajstić information content (AvgIpc) is 2.97. The maximum absolute atomic E-state index is 12.5. The highest BCUT2D eigenvalue weighted by molar-refractivity contribution is 7.71. The molecule has 0 aliphatic carbocycles. The number of nitrogens with two attached hydrogens (primary N) is 1. The Morgan fingerprint density at radius 1 is 1.22 bits per heavy atom. The Labute approximate surface area is 161 Å². The Morgan fingerprint density at radius 2 is 2.00 bits per heavy atom. The molecule has 7 nitrogen and oxygen atoms in total. The zero-order valence-electron chi connectivity index (χ0n) is 14.9. The number of amides is 2. The normalized spacial score (nSPS) is 10.6. The second-order valence-electron chi connectivity index (χ2n) is 6.25. The average molecular weight is 381 g/mol. The molecule has 2 amide bonds. The summed E-state index contributed by atoms with van der Waals surface area (Å²) in [6.45, 7) is 3.79. The fourth-order valence-corrected chi connectivity index (χ4v) is 2.96. The van der Waals surface area contributed by atoms with Gasteiger partial charge in [-0.3, -0.25) is 19.3 Å². The summed E-state index contributed by atoms with van der Waals surface area (Å²) in [7, 11) is 0. The van der Waals surface area contributed by atoms with Gasteiger partial charge in [-0.25, -0.2) is 0 Å². The number of hydrogen-bond acceptors (Lipinski definition) is 4. The molecule has 3 rings (SSSR count). The van der Waals surface area contributed by atoms with E-state index in [2.05, 4.69) is 15.5 Å². The first-order valence-electron chi connectivity index (χ1n) is 8.27. The standard InChI is InChI=1S/C19H19N5O2S/c1-11-4-3-5-14(8-11)18-22-23-19(27)24(18)10-16(25)21-15-7-6-13(17(20)26)9-12(15)2/h3-9H,10H2,1-2H3,(H2,20,26)(H,21,25)(H,23,27). The van der Waals surface area contributed by atoms with Gasteiger partial charge < -0.3 is 11.1 Å². The summed E-state index contributed by atoms with van der Waals surface area (Å²) in [4.78, 5) is 23.8. The largest absolute Gasteiger partial charge is 0.366 e. The Bertz CT molecular complexity index is 1080. The number of H-pyrrole nitrogens is 1. The Balaban J connectivity index is 1.82. The summed E-state index contributed by atoms with van der Waals surface area (Å²) in [5.74, 6) is -0.167. The van der Waals surface area contributed by atoms with Gasteiger partial charge in [-0.05, 0) is 55.9 Å². The first-order valence-corrected chi connectivity index (χ1v) is 8.68. The number of primary amides is 1. The minimum absolute atomic E-state index is 0.00954. The lowest BCUT2D eigenvalue weighted by Gasteiger charge is -2.11. The SMILES string of the molecule is Cc1cccc(-c2n[nH]c(=S)n2CC(=O)Nc2ccc(C(N)=O)cc2C)c1. The third-order valence-electron chi connectivity index (χ3n) is 4.12. The van der Waals surface area contributed by atoms with E-state index in [1.165, 1.54) is 0 Å². The van der Waals surface area contributed by atoms with Crippen molar-refractivity contribution in [3.05, 3.63) is 63.9 Å². The van der Waals surface area contributed by atoms with E-state index in [9.17, 15) is 9.59 Å². The maximum Gasteiger partial charge on any atom is 0.248 e. The summed E-state index contributed by atoms with van der Waals surface area (Å²) in [5, 5.41) is 9.82. The van der Waals surface area contributed by atoms with Crippen molar-refractivity contribution in [2.24, 2.45) is 5.73 Å². The van der Waals surface area contributed by atoms with Crippen LogP contribution in [0.4, 0.5) is 5.69 Å². The monoisotopic (exact) mass is 381 g/mol. The molecule has 3 aromatic rings. The van der Waals surface area contributed by atoms with Crippen molar-refractivity contribution < 1.29 is 9.59 Å². The number of hydrogen-bond donors (Lipinski definition) is 3. The molecule has 8 heteroatoms. The first kappa shape index (κ1) is 18.5. The lowest BCUT2D eigenvalue weighted by Crippen LogP contribution is -2.20. The number of nitrogens with zero attached hydrogens (tertiary/aromatic N) is 2. The van der Waals surface area contributed by atoms with Crippen molar-refractivity contribution in [3.63, 3.8) is 0 Å². The molecule has 2 aromatic carbocycles. The minimum atomic E-state index is -0.511. The van der Waals surface area contributed by atoms with Crippen LogP contribution in [0.1, 0.15) is 21.5 Å². The fourth-order valence-electron chi connectivity index (χ4n) is 2.76. The zero-order chi connectivity index (χ0) is 19.6. The summed E-state index contributed by atoms with van der Waals surface area (Å²) in [6.07, 6.45) is 0. The third-order valence-corrected chi connectivity index (χ3v) is 4.43. The topological polar surface area (TPSA) is 106 Å². The number of aromatic amines is 1. The molecule has 0 unspecified atom stereocenters. The molecular formula is C19H19N5O2S. The van der Waals surface area contributed by atoms with E-state index in [1.807, 2.05) is 31.2 Å². The highest BCUT2D eigenvalue weighted by Gasteiger charge is 2.14. The van der Waals surface area contributed by atoms with Crippen LogP contribution in [0.5, 0.6) is 0 Å². The molecule has 0 atom stereocenters. The molecule has 4 N–H and O–H groups in total. The van der Waals surface area contributed by atoms with Gasteiger partial charge in [0.25, 0.3) is 0 Å². The van der Waals surface area contributed by atoms with E-state index in [4.69, 9.17) is 18.0 Å². The van der Waals surface area contributed by atoms with Crippen LogP contribution in [-0.4, -0.2) is 26.6 Å². The van der Waals surface area contributed by atoms with E-state index in [0.717, 1.165) is 16.7 Å². The van der Waals surface area contributed by atoms with E-state index >= 15 is 0 Å². The smallest absolute Gasteiger partial charge is 0.248 e. The molecule has 0 fully saturated rings. The predicted octanol–water partition coefficient (Wildman–Crippen LogP) is 2.96. The number of carbonyl (C=O) groups excluding carboxylic acids is 2. The zero-order valence-corrected chi connectivity index (χ0v) is 15.8. The van der Waals surface area contributed by atoms with Crippen LogP contribution >= 0.6 is 12.2 Å². The van der Waals surface area contributed by atoms with Gasteiger partial charge in [-0.2, -0.15) is 5.10 Å². The fraction of sp³-hybridized carbons (Fsp3) is 0.158. The second kappa shape index (κ2) is 7.55. The minimum Gasteiger partial charge on any atom is -0.366 e. The lowest BCUT2D eigenvalue weighted by atomic mass is 10.1. The number of aryl methyl sites for hydroxylation is 2. The van der Waals surface area contributed by atoms with Gasteiger partial charge in [0.15, 0.2) is 10.6 Å². The first-order chi connectivity index (χ1) is 12.8. The summed E-state index contributed by atoms with van der Waals surface area (Å²) in [6, 6.07) is 12.7. The summed E-state index contributed by atoms with van der Waals surface area (Å²) in [5.41, 5.74) is 8.98. The molecule has 0 aliphatic heterocycles. The van der Waals surface area contributed by atoms with Crippen molar-refractivity contribution in [3.8, 4) is 11.4 Å². The summed E-state index contributed by atoms with van der Waals surface area (Å²) < 4.78 is 2.01. The van der Waals surface area contributed by atoms with Gasteiger partial charge in [-0.15, -0.1) is 0 Å². The highest BCUT2D eigenvalue weighted by atomic mass is 32.1. The van der Waals surface area contributed by atoms with Crippen LogP contribution in [0.25, 0.3) is 11.4 Å². The molecule has 0 spiro atoms. The van der Waals surface area contributed by atoms with Crippen molar-refractivity contribution in [1.82, 2.24) is 14.8 Å². The van der Waals surface area contributed by atoms with Gasteiger partial charge in [0, 0.05) is 16.8 Å². The molecule has 0 saturated carbocycles. The van der Waals surface area contributed by atoms with Crippen LogP contribution in [0.2, 0.25) is 0 Å². The van der Waals surface area contributed by atoms with Gasteiger partial charge in [0.05, 0.1) is 0 Å². The summed E-state index contributed by atoms with van der Waals surface area (Å²) >= 11 is 5.27. The van der Waals surface area contributed by atoms with Crippen LogP contribution in [-0.2, 0) is 11.3 Å². The number of benzene rings is 2. The van der Waals surface area contributed by atoms with Gasteiger partial charge in [0.2, 0.25) is 11.8 Å². The molecule has 1 aromatic heterocycles. The quantitative estimate of drug-likeness (QED) is 0.591. The third kappa shape index (κ3) is 4.12. The Hall–Kier alpha value is -3.26. The molecule has 27 heavy (non-hydrogen) atoms. The predicted molar refractivity (Wildman–Crippen MR) is 106 cm³/mol. The van der Waals surface area contributed by atoms with Crippen molar-refractivity contribution in [1.29, 1.82) is 0 Å². The van der Waals surface area contributed by atoms with Crippen LogP contribution < -0.4 is 11.1 Å². The van der Waals surface area contributed by atoms with Crippen molar-refractivity contribution in [2.45, 2.75) is 20.4 Å². The molecule has 0 bridgehead atoms. The van der Waals surface area contributed by atoms with Crippen LogP contribution in [0.3, 0.4) is 0 Å².